The van der Waals surface area contributed by atoms with E-state index in [0.29, 0.717) is 30.8 Å². The lowest BCUT2D eigenvalue weighted by Gasteiger charge is -2.29. The molecule has 28 heavy (non-hydrogen) atoms. The van der Waals surface area contributed by atoms with Gasteiger partial charge in [-0.25, -0.2) is 4.39 Å². The number of hydrogen-bond acceptors (Lipinski definition) is 5. The van der Waals surface area contributed by atoms with E-state index in [2.05, 4.69) is 26.8 Å². The largest absolute Gasteiger partial charge is 0.411 e. The van der Waals surface area contributed by atoms with E-state index < -0.39 is 0 Å². The van der Waals surface area contributed by atoms with E-state index in [9.17, 15) is 9.60 Å². The number of hydrogen-bond donors (Lipinski definition) is 1. The molecule has 0 amide bonds. The van der Waals surface area contributed by atoms with Gasteiger partial charge >= 0.3 is 0 Å². The van der Waals surface area contributed by atoms with Crippen molar-refractivity contribution in [1.29, 1.82) is 0 Å². The standard InChI is InChI=1S/C22H23FN4O/c1-4-26-20-10-16(11-21(27-28)22(20)14(2)24-3)18-8-7-17(23)12-19(18)15-6-5-9-25-13-15/h5-9,12-13,16,28H,3-4,10-11H2,1-2H3/b22-14+,26-20?,27-21+. The van der Waals surface area contributed by atoms with Crippen LogP contribution >= 0.6 is 0 Å². The highest BCUT2D eigenvalue weighted by Gasteiger charge is 2.31. The minimum absolute atomic E-state index is 0.00614. The Kier molecular flexibility index (Phi) is 6.09. The number of aromatic nitrogens is 1. The summed E-state index contributed by atoms with van der Waals surface area (Å²) in [7, 11) is 0. The van der Waals surface area contributed by atoms with Gasteiger partial charge in [-0.15, -0.1) is 0 Å². The van der Waals surface area contributed by atoms with Crippen LogP contribution in [0.25, 0.3) is 11.1 Å². The monoisotopic (exact) mass is 378 g/mol. The molecule has 1 saturated carbocycles. The van der Waals surface area contributed by atoms with Crippen molar-refractivity contribution in [3.05, 3.63) is 65.4 Å². The number of pyridine rings is 1. The molecule has 3 rings (SSSR count). The second kappa shape index (κ2) is 8.69. The molecule has 144 valence electrons. The zero-order valence-electron chi connectivity index (χ0n) is 16.1. The fourth-order valence-corrected chi connectivity index (χ4v) is 3.71. The number of benzene rings is 1. The van der Waals surface area contributed by atoms with Gasteiger partial charge in [0.15, 0.2) is 0 Å². The number of allylic oxidation sites excluding steroid dienone is 2. The minimum Gasteiger partial charge on any atom is -0.411 e. The summed E-state index contributed by atoms with van der Waals surface area (Å²) in [6, 6.07) is 8.53. The summed E-state index contributed by atoms with van der Waals surface area (Å²) in [5.41, 5.74) is 5.40. The van der Waals surface area contributed by atoms with Gasteiger partial charge in [-0.1, -0.05) is 17.3 Å². The molecule has 1 unspecified atom stereocenters. The predicted octanol–water partition coefficient (Wildman–Crippen LogP) is 5.03. The van der Waals surface area contributed by atoms with Crippen LogP contribution in [0.1, 0.15) is 38.2 Å². The second-order valence-electron chi connectivity index (χ2n) is 6.66. The molecule has 1 aromatic carbocycles. The van der Waals surface area contributed by atoms with Gasteiger partial charge in [-0.2, -0.15) is 0 Å². The van der Waals surface area contributed by atoms with Crippen LogP contribution in [-0.2, 0) is 0 Å². The fourth-order valence-electron chi connectivity index (χ4n) is 3.71. The van der Waals surface area contributed by atoms with Crippen LogP contribution < -0.4 is 0 Å². The molecule has 0 bridgehead atoms. The predicted molar refractivity (Wildman–Crippen MR) is 111 cm³/mol. The van der Waals surface area contributed by atoms with Crippen molar-refractivity contribution in [3.63, 3.8) is 0 Å². The molecule has 0 aliphatic heterocycles. The van der Waals surface area contributed by atoms with E-state index in [1.807, 2.05) is 26.0 Å². The van der Waals surface area contributed by atoms with Gasteiger partial charge < -0.3 is 5.21 Å². The van der Waals surface area contributed by atoms with Gasteiger partial charge in [0.05, 0.1) is 5.71 Å². The smallest absolute Gasteiger partial charge is 0.123 e. The van der Waals surface area contributed by atoms with Crippen LogP contribution in [0.2, 0.25) is 0 Å². The third-order valence-electron chi connectivity index (χ3n) is 4.95. The average molecular weight is 378 g/mol. The molecule has 1 fully saturated rings. The van der Waals surface area contributed by atoms with E-state index in [-0.39, 0.29) is 11.7 Å². The summed E-state index contributed by atoms with van der Waals surface area (Å²) >= 11 is 0. The molecule has 1 aliphatic carbocycles. The molecular weight excluding hydrogens is 355 g/mol. The molecule has 1 aliphatic rings. The highest BCUT2D eigenvalue weighted by molar-refractivity contribution is 6.26. The van der Waals surface area contributed by atoms with Crippen LogP contribution in [0, 0.1) is 5.82 Å². The topological polar surface area (TPSA) is 70.2 Å². The second-order valence-corrected chi connectivity index (χ2v) is 6.66. The first-order valence-corrected chi connectivity index (χ1v) is 9.21. The summed E-state index contributed by atoms with van der Waals surface area (Å²) in [4.78, 5) is 12.8. The van der Waals surface area contributed by atoms with Gasteiger partial charge in [-0.05, 0) is 62.2 Å². The Balaban J connectivity index is 2.11. The molecule has 5 nitrogen and oxygen atoms in total. The Morgan fingerprint density at radius 3 is 2.71 bits per heavy atom. The Morgan fingerprint density at radius 2 is 2.07 bits per heavy atom. The van der Waals surface area contributed by atoms with Crippen molar-refractivity contribution in [3.8, 4) is 11.1 Å². The zero-order chi connectivity index (χ0) is 20.1. The minimum atomic E-state index is -0.302. The molecule has 6 heteroatoms. The normalized spacial score (nSPS) is 21.8. The first-order valence-electron chi connectivity index (χ1n) is 9.21. The van der Waals surface area contributed by atoms with Crippen LogP contribution in [-0.4, -0.2) is 34.9 Å². The van der Waals surface area contributed by atoms with E-state index in [0.717, 1.165) is 28.0 Å². The first-order chi connectivity index (χ1) is 13.6. The van der Waals surface area contributed by atoms with Gasteiger partial charge in [0.2, 0.25) is 0 Å². The lowest BCUT2D eigenvalue weighted by atomic mass is 9.76. The highest BCUT2D eigenvalue weighted by Crippen LogP contribution is 2.39. The van der Waals surface area contributed by atoms with Crippen molar-refractivity contribution in [2.45, 2.75) is 32.6 Å². The molecule has 0 radical (unpaired) electrons. The Bertz CT molecular complexity index is 964. The molecule has 0 spiro atoms. The molecular formula is C22H23FN4O. The Morgan fingerprint density at radius 1 is 1.29 bits per heavy atom. The molecule has 2 aromatic rings. The van der Waals surface area contributed by atoms with Crippen molar-refractivity contribution in [2.24, 2.45) is 15.1 Å². The summed E-state index contributed by atoms with van der Waals surface area (Å²) in [6.07, 6.45) is 4.56. The van der Waals surface area contributed by atoms with Crippen molar-refractivity contribution < 1.29 is 9.60 Å². The Labute approximate surface area is 164 Å². The lowest BCUT2D eigenvalue weighted by Crippen LogP contribution is -2.27. The first kappa shape index (κ1) is 19.6. The van der Waals surface area contributed by atoms with E-state index in [4.69, 9.17) is 0 Å². The summed E-state index contributed by atoms with van der Waals surface area (Å²) < 4.78 is 14.0. The SMILES string of the molecule is C=N/C(C)=C1\C(=NCC)CC(c2ccc(F)cc2-c2cccnc2)C\C1=N/O. The van der Waals surface area contributed by atoms with Gasteiger partial charge in [0.25, 0.3) is 0 Å². The number of oxime groups is 1. The highest BCUT2D eigenvalue weighted by atomic mass is 19.1. The molecule has 1 atom stereocenters. The summed E-state index contributed by atoms with van der Waals surface area (Å²) in [5, 5.41) is 13.2. The van der Waals surface area contributed by atoms with Crippen molar-refractivity contribution >= 4 is 18.1 Å². The van der Waals surface area contributed by atoms with E-state index in [1.54, 1.807) is 18.5 Å². The lowest BCUT2D eigenvalue weighted by molar-refractivity contribution is 0.317. The van der Waals surface area contributed by atoms with Gasteiger partial charge in [0, 0.05) is 47.9 Å². The zero-order valence-corrected chi connectivity index (χ0v) is 16.1. The van der Waals surface area contributed by atoms with Crippen LogP contribution in [0.4, 0.5) is 4.39 Å². The third-order valence-corrected chi connectivity index (χ3v) is 4.95. The maximum Gasteiger partial charge on any atom is 0.123 e. The van der Waals surface area contributed by atoms with Gasteiger partial charge in [0.1, 0.15) is 5.82 Å². The number of rotatable bonds is 4. The van der Waals surface area contributed by atoms with E-state index >= 15 is 0 Å². The van der Waals surface area contributed by atoms with Crippen LogP contribution in [0.3, 0.4) is 0 Å². The fraction of sp³-hybridized carbons (Fsp3) is 0.273. The summed E-state index contributed by atoms with van der Waals surface area (Å²) in [6.45, 7) is 7.99. The average Bonchev–Trinajstić information content (AvgIpc) is 2.73. The molecule has 0 saturated heterocycles. The quantitative estimate of drug-likeness (QED) is 0.460. The maximum absolute atomic E-state index is 14.0. The molecule has 1 heterocycles. The van der Waals surface area contributed by atoms with Crippen molar-refractivity contribution in [1.82, 2.24) is 4.98 Å². The van der Waals surface area contributed by atoms with Crippen LogP contribution in [0.5, 0.6) is 0 Å². The van der Waals surface area contributed by atoms with E-state index in [1.165, 1.54) is 12.1 Å². The maximum atomic E-state index is 14.0. The number of halogens is 1. The third kappa shape index (κ3) is 3.91. The van der Waals surface area contributed by atoms with Gasteiger partial charge in [-0.3, -0.25) is 15.0 Å². The summed E-state index contributed by atoms with van der Waals surface area (Å²) in [5.74, 6) is -0.308. The molecule has 1 aromatic heterocycles. The van der Waals surface area contributed by atoms with Crippen LogP contribution in [0.15, 0.2) is 69.1 Å². The number of aliphatic imine (C=N–C) groups is 2. The number of nitrogens with zero attached hydrogens (tertiary/aromatic N) is 4. The molecule has 1 N–H and O–H groups in total. The van der Waals surface area contributed by atoms with Crippen molar-refractivity contribution in [2.75, 3.05) is 6.54 Å². The Hall–Kier alpha value is -3.15.